The van der Waals surface area contributed by atoms with E-state index in [4.69, 9.17) is 4.74 Å². The Kier molecular flexibility index (Phi) is 3.75. The average Bonchev–Trinajstić information content (AvgIpc) is 2.66. The molecule has 2 bridgehead atoms. The van der Waals surface area contributed by atoms with E-state index in [0.29, 0.717) is 32.1 Å². The molecule has 0 saturated carbocycles. The number of anilines is 1. The maximum Gasteiger partial charge on any atom is 0.451 e. The van der Waals surface area contributed by atoms with Gasteiger partial charge in [0.1, 0.15) is 5.82 Å². The zero-order valence-electron chi connectivity index (χ0n) is 11.7. The van der Waals surface area contributed by atoms with Crippen LogP contribution in [0.4, 0.5) is 19.0 Å². The molecule has 0 aromatic carbocycles. The molecular weight excluding hydrogens is 285 g/mol. The number of fused-ring (bicyclic) bond motifs is 3. The monoisotopic (exact) mass is 302 g/mol. The first kappa shape index (κ1) is 14.5. The summed E-state index contributed by atoms with van der Waals surface area (Å²) in [5.74, 6) is -0.477. The highest BCUT2D eigenvalue weighted by molar-refractivity contribution is 5.38. The number of aromatic nitrogens is 2. The molecule has 21 heavy (non-hydrogen) atoms. The number of nitrogens with zero attached hydrogens (tertiary/aromatic N) is 4. The number of ether oxygens (including phenoxy) is 1. The van der Waals surface area contributed by atoms with Crippen LogP contribution in [0.25, 0.3) is 0 Å². The third-order valence-electron chi connectivity index (χ3n) is 3.96. The lowest BCUT2D eigenvalue weighted by atomic mass is 10.1. The van der Waals surface area contributed by atoms with E-state index in [9.17, 15) is 13.2 Å². The molecular formula is C13H17F3N4O. The van der Waals surface area contributed by atoms with Crippen LogP contribution in [0.1, 0.15) is 5.82 Å². The lowest BCUT2D eigenvalue weighted by Gasteiger charge is -2.30. The minimum absolute atomic E-state index is 0.168. The van der Waals surface area contributed by atoms with Gasteiger partial charge in [-0.3, -0.25) is 4.90 Å². The van der Waals surface area contributed by atoms with Crippen LogP contribution in [0.15, 0.2) is 12.3 Å². The molecule has 0 unspecified atom stereocenters. The summed E-state index contributed by atoms with van der Waals surface area (Å²) in [7, 11) is 2.02. The summed E-state index contributed by atoms with van der Waals surface area (Å²) in [5, 5.41) is 0. The molecule has 0 aliphatic carbocycles. The van der Waals surface area contributed by atoms with E-state index >= 15 is 0 Å². The third kappa shape index (κ3) is 3.11. The minimum atomic E-state index is -4.52. The van der Waals surface area contributed by atoms with Crippen LogP contribution in [-0.4, -0.2) is 60.8 Å². The quantitative estimate of drug-likeness (QED) is 0.781. The van der Waals surface area contributed by atoms with E-state index in [0.717, 1.165) is 6.54 Å². The number of rotatable bonds is 1. The molecule has 2 aliphatic heterocycles. The molecule has 1 aromatic heterocycles. The van der Waals surface area contributed by atoms with E-state index in [1.165, 1.54) is 12.3 Å². The molecule has 0 radical (unpaired) electrons. The Bertz CT molecular complexity index is 510. The van der Waals surface area contributed by atoms with E-state index in [2.05, 4.69) is 14.9 Å². The fraction of sp³-hybridized carbons (Fsp3) is 0.692. The SMILES string of the molecule is CN1C[C@H]2COC[C@@H]1CN(c1ccnc(C(F)(F)F)n1)C2. The van der Waals surface area contributed by atoms with E-state index in [1.807, 2.05) is 11.9 Å². The van der Waals surface area contributed by atoms with Crippen molar-refractivity contribution in [3.63, 3.8) is 0 Å². The van der Waals surface area contributed by atoms with Gasteiger partial charge in [-0.05, 0) is 13.1 Å². The van der Waals surface area contributed by atoms with Gasteiger partial charge < -0.3 is 9.64 Å². The second kappa shape index (κ2) is 5.42. The number of hydrogen-bond donors (Lipinski definition) is 0. The predicted molar refractivity (Wildman–Crippen MR) is 70.0 cm³/mol. The van der Waals surface area contributed by atoms with Crippen molar-refractivity contribution >= 4 is 5.82 Å². The number of hydrogen-bond acceptors (Lipinski definition) is 5. The van der Waals surface area contributed by atoms with Crippen LogP contribution in [0.5, 0.6) is 0 Å². The Hall–Kier alpha value is -1.41. The summed E-state index contributed by atoms with van der Waals surface area (Å²) in [6.07, 6.45) is -3.34. The second-order valence-corrected chi connectivity index (χ2v) is 5.64. The lowest BCUT2D eigenvalue weighted by Crippen LogP contribution is -2.42. The fourth-order valence-corrected chi connectivity index (χ4v) is 2.90. The largest absolute Gasteiger partial charge is 0.451 e. The van der Waals surface area contributed by atoms with Gasteiger partial charge in [0.15, 0.2) is 0 Å². The summed E-state index contributed by atoms with van der Waals surface area (Å²) in [4.78, 5) is 11.1. The van der Waals surface area contributed by atoms with Crippen LogP contribution in [0, 0.1) is 5.92 Å². The lowest BCUT2D eigenvalue weighted by molar-refractivity contribution is -0.144. The Labute approximate surface area is 120 Å². The van der Waals surface area contributed by atoms with Crippen LogP contribution < -0.4 is 4.90 Å². The van der Waals surface area contributed by atoms with Crippen molar-refractivity contribution in [1.29, 1.82) is 0 Å². The van der Waals surface area contributed by atoms with Crippen LogP contribution in [0.3, 0.4) is 0 Å². The smallest absolute Gasteiger partial charge is 0.379 e. The van der Waals surface area contributed by atoms with Gasteiger partial charge in [0.2, 0.25) is 5.82 Å². The Morgan fingerprint density at radius 2 is 2.05 bits per heavy atom. The first-order valence-corrected chi connectivity index (χ1v) is 6.86. The zero-order chi connectivity index (χ0) is 15.0. The van der Waals surface area contributed by atoms with Gasteiger partial charge in [0.25, 0.3) is 0 Å². The van der Waals surface area contributed by atoms with Crippen molar-refractivity contribution in [2.75, 3.05) is 44.8 Å². The van der Waals surface area contributed by atoms with E-state index in [-0.39, 0.29) is 12.0 Å². The van der Waals surface area contributed by atoms with Crippen molar-refractivity contribution in [2.45, 2.75) is 12.2 Å². The second-order valence-electron chi connectivity index (χ2n) is 5.64. The molecule has 2 atom stereocenters. The molecule has 0 N–H and O–H groups in total. The first-order chi connectivity index (χ1) is 9.93. The first-order valence-electron chi connectivity index (χ1n) is 6.86. The maximum atomic E-state index is 12.7. The highest BCUT2D eigenvalue weighted by atomic mass is 19.4. The van der Waals surface area contributed by atoms with Gasteiger partial charge in [0, 0.05) is 31.7 Å². The molecule has 2 saturated heterocycles. The molecule has 3 heterocycles. The van der Waals surface area contributed by atoms with Gasteiger partial charge in [-0.2, -0.15) is 13.2 Å². The molecule has 1 aromatic rings. The number of likely N-dealkylation sites (N-methyl/N-ethyl adjacent to an activating group) is 1. The Morgan fingerprint density at radius 3 is 2.81 bits per heavy atom. The zero-order valence-corrected chi connectivity index (χ0v) is 11.7. The van der Waals surface area contributed by atoms with Crippen molar-refractivity contribution < 1.29 is 17.9 Å². The van der Waals surface area contributed by atoms with Gasteiger partial charge in [0.05, 0.1) is 19.3 Å². The molecule has 3 rings (SSSR count). The van der Waals surface area contributed by atoms with Gasteiger partial charge in [-0.25, -0.2) is 9.97 Å². The fourth-order valence-electron chi connectivity index (χ4n) is 2.90. The molecule has 5 nitrogen and oxygen atoms in total. The van der Waals surface area contributed by atoms with Crippen molar-refractivity contribution in [3.05, 3.63) is 18.1 Å². The number of alkyl halides is 3. The van der Waals surface area contributed by atoms with Crippen LogP contribution in [-0.2, 0) is 10.9 Å². The topological polar surface area (TPSA) is 41.5 Å². The standard InChI is InChI=1S/C13H17F3N4O/c1-19-4-9-5-20(6-10(19)8-21-7-9)11-2-3-17-12(18-11)13(14,15)16/h2-3,9-10H,4-8H2,1H3/t9-,10+/m1/s1. The Morgan fingerprint density at radius 1 is 1.24 bits per heavy atom. The molecule has 116 valence electrons. The molecule has 8 heteroatoms. The molecule has 0 spiro atoms. The summed E-state index contributed by atoms with van der Waals surface area (Å²) in [6, 6.07) is 1.71. The highest BCUT2D eigenvalue weighted by Gasteiger charge is 2.36. The Balaban J connectivity index is 1.87. The van der Waals surface area contributed by atoms with Crippen molar-refractivity contribution in [3.8, 4) is 0 Å². The summed E-state index contributed by atoms with van der Waals surface area (Å²) in [5.41, 5.74) is 0. The maximum absolute atomic E-state index is 12.7. The molecule has 0 amide bonds. The van der Waals surface area contributed by atoms with Crippen LogP contribution in [0.2, 0.25) is 0 Å². The summed E-state index contributed by atoms with van der Waals surface area (Å²) < 4.78 is 43.8. The normalized spacial score (nSPS) is 27.5. The number of halogens is 3. The summed E-state index contributed by atoms with van der Waals surface area (Å²) in [6.45, 7) is 3.38. The van der Waals surface area contributed by atoms with E-state index < -0.39 is 12.0 Å². The third-order valence-corrected chi connectivity index (χ3v) is 3.96. The molecule has 2 fully saturated rings. The average molecular weight is 302 g/mol. The minimum Gasteiger partial charge on any atom is -0.379 e. The van der Waals surface area contributed by atoms with Gasteiger partial charge >= 0.3 is 6.18 Å². The van der Waals surface area contributed by atoms with Crippen molar-refractivity contribution in [2.24, 2.45) is 5.92 Å². The highest BCUT2D eigenvalue weighted by Crippen LogP contribution is 2.28. The van der Waals surface area contributed by atoms with Gasteiger partial charge in [-0.1, -0.05) is 0 Å². The predicted octanol–water partition coefficient (Wildman–Crippen LogP) is 1.26. The van der Waals surface area contributed by atoms with Crippen molar-refractivity contribution in [1.82, 2.24) is 14.9 Å². The molecule has 2 aliphatic rings. The summed E-state index contributed by atoms with van der Waals surface area (Å²) >= 11 is 0. The van der Waals surface area contributed by atoms with E-state index in [1.54, 1.807) is 0 Å². The van der Waals surface area contributed by atoms with Gasteiger partial charge in [-0.15, -0.1) is 0 Å². The van der Waals surface area contributed by atoms with Crippen LogP contribution >= 0.6 is 0 Å².